The molecule has 0 aliphatic rings. The van der Waals surface area contributed by atoms with Gasteiger partial charge in [-0.15, -0.1) is 0 Å². The Labute approximate surface area is 115 Å². The number of carboxylic acid groups (broad SMARTS) is 1. The molecule has 0 fully saturated rings. The van der Waals surface area contributed by atoms with Gasteiger partial charge in [0.15, 0.2) is 6.10 Å². The number of carbonyl (C=O) groups is 1. The zero-order chi connectivity index (χ0) is 11.5. The van der Waals surface area contributed by atoms with Crippen LogP contribution in [0.3, 0.4) is 0 Å². The molecule has 0 saturated heterocycles. The molecule has 1 unspecified atom stereocenters. The molecule has 2 N–H and O–H groups in total. The summed E-state index contributed by atoms with van der Waals surface area (Å²) >= 11 is 0. The Morgan fingerprint density at radius 2 is 1.44 bits per heavy atom. The number of hydrogen-bond donors (Lipinski definition) is 2. The van der Waals surface area contributed by atoms with Crippen LogP contribution in [0.5, 0.6) is 0 Å². The van der Waals surface area contributed by atoms with Crippen LogP contribution in [0.25, 0.3) is 0 Å². The molecule has 94 valence electrons. The zero-order valence-electron chi connectivity index (χ0n) is 9.74. The summed E-state index contributed by atoms with van der Waals surface area (Å²) in [6.45, 7) is 2.20. The number of carboxylic acids is 1. The Morgan fingerprint density at radius 3 is 1.88 bits per heavy atom. The Bertz CT molecular complexity index is 162. The minimum Gasteiger partial charge on any atom is -0.479 e. The van der Waals surface area contributed by atoms with Crippen molar-refractivity contribution in [3.05, 3.63) is 0 Å². The average Bonchev–Trinajstić information content (AvgIpc) is 2.21. The summed E-state index contributed by atoms with van der Waals surface area (Å²) < 4.78 is 0. The molecule has 16 heavy (non-hydrogen) atoms. The van der Waals surface area contributed by atoms with E-state index >= 15 is 0 Å². The van der Waals surface area contributed by atoms with Crippen LogP contribution in [0.1, 0.15) is 64.7 Å². The highest BCUT2D eigenvalue weighted by molar-refractivity contribution is 5.75. The molecule has 0 spiro atoms. The first-order valence-corrected chi connectivity index (χ1v) is 6.09. The van der Waals surface area contributed by atoms with Gasteiger partial charge in [0.05, 0.1) is 0 Å². The van der Waals surface area contributed by atoms with E-state index in [9.17, 15) is 4.79 Å². The van der Waals surface area contributed by atoms with Gasteiger partial charge in [0, 0.05) is 0 Å². The first-order valence-electron chi connectivity index (χ1n) is 6.09. The Kier molecular flexibility index (Phi) is 15.4. The van der Waals surface area contributed by atoms with Crippen LogP contribution in [0, 0.1) is 0 Å². The standard InChI is InChI=1S/C12H24O3.Mg.2H/c1-2-3-4-5-6-7-8-9-10-11(13)12(14)15;;;/h11,13H,2-10H2,1H3,(H,14,15);;;. The fourth-order valence-corrected chi connectivity index (χ4v) is 1.60. The smallest absolute Gasteiger partial charge is 0.332 e. The molecule has 0 aromatic carbocycles. The highest BCUT2D eigenvalue weighted by Crippen LogP contribution is 2.10. The fraction of sp³-hybridized carbons (Fsp3) is 0.917. The third-order valence-corrected chi connectivity index (χ3v) is 2.62. The van der Waals surface area contributed by atoms with Gasteiger partial charge in [-0.1, -0.05) is 58.3 Å². The molecular weight excluding hydrogens is 216 g/mol. The minimum atomic E-state index is -1.16. The largest absolute Gasteiger partial charge is 0.479 e. The second-order valence-corrected chi connectivity index (χ2v) is 4.12. The first-order chi connectivity index (χ1) is 7.18. The van der Waals surface area contributed by atoms with Crippen molar-refractivity contribution in [1.29, 1.82) is 0 Å². The van der Waals surface area contributed by atoms with E-state index < -0.39 is 12.1 Å². The van der Waals surface area contributed by atoms with Gasteiger partial charge in [-0.3, -0.25) is 0 Å². The SMILES string of the molecule is CCCCCCCCCCC(O)C(=O)O.[MgH2]. The zero-order valence-corrected chi connectivity index (χ0v) is 9.74. The molecule has 0 bridgehead atoms. The van der Waals surface area contributed by atoms with Crippen LogP contribution < -0.4 is 0 Å². The summed E-state index contributed by atoms with van der Waals surface area (Å²) in [5, 5.41) is 17.4. The van der Waals surface area contributed by atoms with Gasteiger partial charge in [0.2, 0.25) is 0 Å². The van der Waals surface area contributed by atoms with Crippen LogP contribution in [0.2, 0.25) is 0 Å². The van der Waals surface area contributed by atoms with E-state index in [4.69, 9.17) is 10.2 Å². The van der Waals surface area contributed by atoms with Gasteiger partial charge >= 0.3 is 29.0 Å². The fourth-order valence-electron chi connectivity index (χ4n) is 1.60. The number of rotatable bonds is 10. The topological polar surface area (TPSA) is 57.5 Å². The van der Waals surface area contributed by atoms with Gasteiger partial charge in [-0.2, -0.15) is 0 Å². The van der Waals surface area contributed by atoms with Crippen LogP contribution in [-0.4, -0.2) is 45.3 Å². The summed E-state index contributed by atoms with van der Waals surface area (Å²) in [6.07, 6.45) is 8.68. The van der Waals surface area contributed by atoms with Crippen LogP contribution in [-0.2, 0) is 4.79 Å². The van der Waals surface area contributed by atoms with Gasteiger partial charge < -0.3 is 10.2 Å². The Balaban J connectivity index is 0. The van der Waals surface area contributed by atoms with Gasteiger partial charge in [0.25, 0.3) is 0 Å². The average molecular weight is 243 g/mol. The normalized spacial score (nSPS) is 11.9. The van der Waals surface area contributed by atoms with Gasteiger partial charge in [-0.05, 0) is 6.42 Å². The lowest BCUT2D eigenvalue weighted by molar-refractivity contribution is -0.146. The predicted molar refractivity (Wildman–Crippen MR) is 69.4 cm³/mol. The van der Waals surface area contributed by atoms with Crippen molar-refractivity contribution < 1.29 is 15.0 Å². The van der Waals surface area contributed by atoms with Crippen molar-refractivity contribution in [1.82, 2.24) is 0 Å². The number of hydrogen-bond acceptors (Lipinski definition) is 2. The summed E-state index contributed by atoms with van der Waals surface area (Å²) in [6, 6.07) is 0. The lowest BCUT2D eigenvalue weighted by Crippen LogP contribution is -2.18. The van der Waals surface area contributed by atoms with Crippen molar-refractivity contribution in [3.8, 4) is 0 Å². The molecular formula is C12H26MgO3. The lowest BCUT2D eigenvalue weighted by Gasteiger charge is -2.04. The third-order valence-electron chi connectivity index (χ3n) is 2.62. The van der Waals surface area contributed by atoms with Crippen LogP contribution >= 0.6 is 0 Å². The third kappa shape index (κ3) is 12.3. The maximum Gasteiger partial charge on any atom is 0.332 e. The quantitative estimate of drug-likeness (QED) is 0.455. The molecule has 0 aliphatic heterocycles. The number of aliphatic hydroxyl groups excluding tert-OH is 1. The summed E-state index contributed by atoms with van der Waals surface area (Å²) in [5.74, 6) is -1.10. The van der Waals surface area contributed by atoms with Crippen LogP contribution in [0.15, 0.2) is 0 Å². The Morgan fingerprint density at radius 1 is 1.00 bits per heavy atom. The molecule has 0 saturated carbocycles. The van der Waals surface area contributed by atoms with Crippen molar-refractivity contribution in [2.24, 2.45) is 0 Å². The maximum absolute atomic E-state index is 10.3. The molecule has 0 aromatic heterocycles. The molecule has 3 nitrogen and oxygen atoms in total. The van der Waals surface area contributed by atoms with Crippen LogP contribution in [0.4, 0.5) is 0 Å². The van der Waals surface area contributed by atoms with E-state index in [1.165, 1.54) is 32.1 Å². The van der Waals surface area contributed by atoms with Gasteiger partial charge in [-0.25, -0.2) is 4.79 Å². The highest BCUT2D eigenvalue weighted by Gasteiger charge is 2.11. The number of aliphatic carboxylic acids is 1. The van der Waals surface area contributed by atoms with E-state index in [-0.39, 0.29) is 23.1 Å². The second kappa shape index (κ2) is 13.3. The van der Waals surface area contributed by atoms with E-state index in [2.05, 4.69) is 6.92 Å². The molecule has 0 heterocycles. The molecule has 0 radical (unpaired) electrons. The van der Waals surface area contributed by atoms with E-state index in [0.717, 1.165) is 19.3 Å². The molecule has 4 heteroatoms. The van der Waals surface area contributed by atoms with E-state index in [0.29, 0.717) is 6.42 Å². The molecule has 0 rings (SSSR count). The summed E-state index contributed by atoms with van der Waals surface area (Å²) in [5.41, 5.74) is 0. The van der Waals surface area contributed by atoms with E-state index in [1.807, 2.05) is 0 Å². The minimum absolute atomic E-state index is 0. The number of unbranched alkanes of at least 4 members (excludes halogenated alkanes) is 7. The predicted octanol–water partition coefficient (Wildman–Crippen LogP) is 2.05. The van der Waals surface area contributed by atoms with E-state index in [1.54, 1.807) is 0 Å². The summed E-state index contributed by atoms with van der Waals surface area (Å²) in [7, 11) is 0. The molecule has 0 aliphatic carbocycles. The van der Waals surface area contributed by atoms with Crippen molar-refractivity contribution in [2.45, 2.75) is 70.8 Å². The first kappa shape index (κ1) is 18.6. The molecule has 1 atom stereocenters. The van der Waals surface area contributed by atoms with Crippen molar-refractivity contribution in [2.75, 3.05) is 0 Å². The van der Waals surface area contributed by atoms with Crippen molar-refractivity contribution >= 4 is 29.0 Å². The Hall–Kier alpha value is 0.196. The molecule has 0 amide bonds. The lowest BCUT2D eigenvalue weighted by atomic mass is 10.1. The summed E-state index contributed by atoms with van der Waals surface area (Å²) in [4.78, 5) is 10.3. The monoisotopic (exact) mass is 242 g/mol. The van der Waals surface area contributed by atoms with Crippen molar-refractivity contribution in [3.63, 3.8) is 0 Å². The number of aliphatic hydroxyl groups is 1. The van der Waals surface area contributed by atoms with Gasteiger partial charge in [0.1, 0.15) is 0 Å². The molecule has 0 aromatic rings. The second-order valence-electron chi connectivity index (χ2n) is 4.12. The highest BCUT2D eigenvalue weighted by atomic mass is 24.3. The maximum atomic E-state index is 10.3.